The number of esters is 1. The van der Waals surface area contributed by atoms with Crippen molar-refractivity contribution in [3.63, 3.8) is 0 Å². The van der Waals surface area contributed by atoms with Crippen LogP contribution in [0.3, 0.4) is 0 Å². The molecule has 13 heavy (non-hydrogen) atoms. The molecule has 0 aromatic rings. The van der Waals surface area contributed by atoms with E-state index in [0.717, 1.165) is 11.4 Å². The number of carbonyl (C=O) groups is 1. The predicted molar refractivity (Wildman–Crippen MR) is 56.7 cm³/mol. The van der Waals surface area contributed by atoms with Crippen molar-refractivity contribution in [1.29, 1.82) is 0 Å². The molecule has 0 rings (SSSR count). The summed E-state index contributed by atoms with van der Waals surface area (Å²) in [6.07, 6.45) is 0.809. The Morgan fingerprint density at radius 2 is 2.23 bits per heavy atom. The first kappa shape index (κ1) is 12.1. The zero-order valence-corrected chi connectivity index (χ0v) is 8.87. The van der Waals surface area contributed by atoms with Gasteiger partial charge in [0, 0.05) is 12.1 Å². The molecule has 3 nitrogen and oxygen atoms in total. The van der Waals surface area contributed by atoms with Crippen LogP contribution in [0.15, 0.2) is 12.2 Å². The fraction of sp³-hybridized carbons (Fsp3) is 0.556. The van der Waals surface area contributed by atoms with Gasteiger partial charge in [0.05, 0.1) is 4.99 Å². The molecule has 0 aromatic carbocycles. The largest absolute Gasteiger partial charge is 0.460 e. The van der Waals surface area contributed by atoms with Gasteiger partial charge in [-0.3, -0.25) is 0 Å². The third-order valence-electron chi connectivity index (χ3n) is 1.33. The van der Waals surface area contributed by atoms with Crippen LogP contribution in [-0.2, 0) is 9.53 Å². The molecule has 0 aliphatic rings. The van der Waals surface area contributed by atoms with E-state index < -0.39 is 0 Å². The first-order valence-corrected chi connectivity index (χ1v) is 4.58. The molecule has 0 heterocycles. The molecule has 0 radical (unpaired) electrons. The second kappa shape index (κ2) is 6.60. The van der Waals surface area contributed by atoms with E-state index in [4.69, 9.17) is 17.0 Å². The van der Waals surface area contributed by atoms with Crippen molar-refractivity contribution in [3.05, 3.63) is 12.2 Å². The molecule has 74 valence electrons. The maximum absolute atomic E-state index is 10.9. The van der Waals surface area contributed by atoms with Crippen LogP contribution in [0.25, 0.3) is 0 Å². The topological polar surface area (TPSA) is 38.3 Å². The maximum Gasteiger partial charge on any atom is 0.333 e. The van der Waals surface area contributed by atoms with Crippen molar-refractivity contribution in [2.45, 2.75) is 20.3 Å². The molecule has 0 saturated heterocycles. The van der Waals surface area contributed by atoms with Crippen molar-refractivity contribution in [2.24, 2.45) is 0 Å². The smallest absolute Gasteiger partial charge is 0.333 e. The van der Waals surface area contributed by atoms with Crippen LogP contribution in [0.2, 0.25) is 0 Å². The van der Waals surface area contributed by atoms with E-state index in [2.05, 4.69) is 11.9 Å². The second-order valence-corrected chi connectivity index (χ2v) is 3.11. The standard InChI is InChI=1S/C9H15NO2S/c1-4-8(13)10-5-6-12-9(11)7(2)3/h2,4-6H2,1,3H3,(H,10,13). The first-order chi connectivity index (χ1) is 6.07. The zero-order valence-electron chi connectivity index (χ0n) is 8.05. The summed E-state index contributed by atoms with van der Waals surface area (Å²) in [4.78, 5) is 11.7. The highest BCUT2D eigenvalue weighted by atomic mass is 32.1. The monoisotopic (exact) mass is 201 g/mol. The van der Waals surface area contributed by atoms with Gasteiger partial charge in [-0.15, -0.1) is 0 Å². The minimum atomic E-state index is -0.357. The van der Waals surface area contributed by atoms with E-state index in [1.54, 1.807) is 6.92 Å². The van der Waals surface area contributed by atoms with Gasteiger partial charge in [-0.05, 0) is 13.3 Å². The first-order valence-electron chi connectivity index (χ1n) is 4.17. The van der Waals surface area contributed by atoms with E-state index in [0.29, 0.717) is 18.7 Å². The van der Waals surface area contributed by atoms with Crippen molar-refractivity contribution in [2.75, 3.05) is 13.2 Å². The number of ether oxygens (including phenoxy) is 1. The molecule has 0 bridgehead atoms. The molecule has 0 spiro atoms. The minimum Gasteiger partial charge on any atom is -0.460 e. The van der Waals surface area contributed by atoms with E-state index >= 15 is 0 Å². The predicted octanol–water partition coefficient (Wildman–Crippen LogP) is 1.43. The van der Waals surface area contributed by atoms with Gasteiger partial charge in [0.2, 0.25) is 0 Å². The SMILES string of the molecule is C=C(C)C(=O)OCCNC(=S)CC. The average molecular weight is 201 g/mol. The van der Waals surface area contributed by atoms with Crippen molar-refractivity contribution in [1.82, 2.24) is 5.32 Å². The van der Waals surface area contributed by atoms with Crippen molar-refractivity contribution in [3.8, 4) is 0 Å². The second-order valence-electron chi connectivity index (χ2n) is 2.62. The lowest BCUT2D eigenvalue weighted by Gasteiger charge is -2.06. The number of rotatable bonds is 5. The summed E-state index contributed by atoms with van der Waals surface area (Å²) in [5, 5.41) is 2.95. The Bertz CT molecular complexity index is 214. The summed E-state index contributed by atoms with van der Waals surface area (Å²) >= 11 is 4.92. The van der Waals surface area contributed by atoms with Crippen LogP contribution in [0, 0.1) is 0 Å². The number of thiocarbonyl (C=S) groups is 1. The fourth-order valence-corrected chi connectivity index (χ4v) is 0.684. The third-order valence-corrected chi connectivity index (χ3v) is 1.76. The van der Waals surface area contributed by atoms with E-state index in [9.17, 15) is 4.79 Å². The molecular weight excluding hydrogens is 186 g/mol. The molecule has 1 N–H and O–H groups in total. The van der Waals surface area contributed by atoms with Crippen LogP contribution in [0.5, 0.6) is 0 Å². The van der Waals surface area contributed by atoms with Crippen LogP contribution < -0.4 is 5.32 Å². The molecule has 0 atom stereocenters. The quantitative estimate of drug-likeness (QED) is 0.316. The van der Waals surface area contributed by atoms with Gasteiger partial charge in [0.15, 0.2) is 0 Å². The molecule has 0 unspecified atom stereocenters. The summed E-state index contributed by atoms with van der Waals surface area (Å²) in [5.74, 6) is -0.357. The minimum absolute atomic E-state index is 0.325. The lowest BCUT2D eigenvalue weighted by Crippen LogP contribution is -2.25. The van der Waals surface area contributed by atoms with Crippen LogP contribution >= 0.6 is 12.2 Å². The molecule has 0 aromatic heterocycles. The Balaban J connectivity index is 3.41. The summed E-state index contributed by atoms with van der Waals surface area (Å²) in [6, 6.07) is 0. The number of carbonyl (C=O) groups excluding carboxylic acids is 1. The van der Waals surface area contributed by atoms with Crippen LogP contribution in [0.1, 0.15) is 20.3 Å². The van der Waals surface area contributed by atoms with Gasteiger partial charge in [0.1, 0.15) is 6.61 Å². The summed E-state index contributed by atoms with van der Waals surface area (Å²) in [6.45, 7) is 7.94. The lowest BCUT2D eigenvalue weighted by atomic mass is 10.4. The van der Waals surface area contributed by atoms with E-state index in [1.165, 1.54) is 0 Å². The highest BCUT2D eigenvalue weighted by Gasteiger charge is 2.01. The highest BCUT2D eigenvalue weighted by Crippen LogP contribution is 1.90. The molecule has 4 heteroatoms. The summed E-state index contributed by atoms with van der Waals surface area (Å²) in [5.41, 5.74) is 0.415. The Labute approximate surface area is 84.2 Å². The summed E-state index contributed by atoms with van der Waals surface area (Å²) < 4.78 is 4.84. The Morgan fingerprint density at radius 1 is 1.62 bits per heavy atom. The molecular formula is C9H15NO2S. The maximum atomic E-state index is 10.9. The molecule has 0 aliphatic heterocycles. The molecule has 0 saturated carbocycles. The Morgan fingerprint density at radius 3 is 2.69 bits per heavy atom. The lowest BCUT2D eigenvalue weighted by molar-refractivity contribution is -0.138. The van der Waals surface area contributed by atoms with Crippen molar-refractivity contribution < 1.29 is 9.53 Å². The molecule has 0 aliphatic carbocycles. The average Bonchev–Trinajstić information content (AvgIpc) is 2.11. The Kier molecular flexibility index (Phi) is 6.14. The van der Waals surface area contributed by atoms with Crippen LogP contribution in [0.4, 0.5) is 0 Å². The van der Waals surface area contributed by atoms with Gasteiger partial charge < -0.3 is 10.1 Å². The van der Waals surface area contributed by atoms with Gasteiger partial charge in [-0.2, -0.15) is 0 Å². The van der Waals surface area contributed by atoms with Crippen LogP contribution in [-0.4, -0.2) is 24.1 Å². The number of hydrogen-bond acceptors (Lipinski definition) is 3. The number of nitrogens with one attached hydrogen (secondary N) is 1. The Hall–Kier alpha value is -0.900. The van der Waals surface area contributed by atoms with Gasteiger partial charge >= 0.3 is 5.97 Å². The molecule has 0 fully saturated rings. The summed E-state index contributed by atoms with van der Waals surface area (Å²) in [7, 11) is 0. The third kappa shape index (κ3) is 6.28. The molecule has 0 amide bonds. The van der Waals surface area contributed by atoms with E-state index in [1.807, 2.05) is 6.92 Å². The zero-order chi connectivity index (χ0) is 10.3. The fourth-order valence-electron chi connectivity index (χ4n) is 0.582. The normalized spacial score (nSPS) is 9.08. The van der Waals surface area contributed by atoms with E-state index in [-0.39, 0.29) is 5.97 Å². The van der Waals surface area contributed by atoms with Gasteiger partial charge in [-0.1, -0.05) is 25.7 Å². The van der Waals surface area contributed by atoms with Gasteiger partial charge in [0.25, 0.3) is 0 Å². The van der Waals surface area contributed by atoms with Gasteiger partial charge in [-0.25, -0.2) is 4.79 Å². The van der Waals surface area contributed by atoms with Crippen molar-refractivity contribution >= 4 is 23.2 Å². The number of hydrogen-bond donors (Lipinski definition) is 1. The highest BCUT2D eigenvalue weighted by molar-refractivity contribution is 7.80.